The Labute approximate surface area is 134 Å². The van der Waals surface area contributed by atoms with Gasteiger partial charge in [0, 0.05) is 11.8 Å². The van der Waals surface area contributed by atoms with Crippen LogP contribution in [-0.4, -0.2) is 20.8 Å². The molecule has 2 aromatic heterocycles. The number of para-hydroxylation sites is 1. The van der Waals surface area contributed by atoms with E-state index in [2.05, 4.69) is 20.7 Å². The maximum absolute atomic E-state index is 12.2. The van der Waals surface area contributed by atoms with Crippen LogP contribution in [-0.2, 0) is 0 Å². The van der Waals surface area contributed by atoms with Crippen LogP contribution in [0.1, 0.15) is 11.4 Å². The van der Waals surface area contributed by atoms with Crippen molar-refractivity contribution in [1.82, 2.24) is 14.8 Å². The number of urea groups is 1. The number of hydrogen-bond acceptors (Lipinski definition) is 3. The van der Waals surface area contributed by atoms with Crippen LogP contribution < -0.4 is 10.6 Å². The lowest BCUT2D eigenvalue weighted by Crippen LogP contribution is -2.21. The number of pyridine rings is 1. The summed E-state index contributed by atoms with van der Waals surface area (Å²) >= 11 is 0. The largest absolute Gasteiger partial charge is 0.324 e. The molecule has 6 heteroatoms. The average Bonchev–Trinajstić information content (AvgIpc) is 2.91. The van der Waals surface area contributed by atoms with Gasteiger partial charge < -0.3 is 5.32 Å². The van der Waals surface area contributed by atoms with Crippen molar-refractivity contribution < 1.29 is 4.79 Å². The van der Waals surface area contributed by atoms with Crippen molar-refractivity contribution in [3.8, 4) is 5.69 Å². The highest BCUT2D eigenvalue weighted by atomic mass is 16.2. The van der Waals surface area contributed by atoms with Crippen molar-refractivity contribution in [2.45, 2.75) is 13.8 Å². The lowest BCUT2D eigenvalue weighted by Gasteiger charge is -2.10. The summed E-state index contributed by atoms with van der Waals surface area (Å²) in [5, 5.41) is 9.98. The highest BCUT2D eigenvalue weighted by Crippen LogP contribution is 2.17. The first-order chi connectivity index (χ1) is 11.1. The van der Waals surface area contributed by atoms with Crippen molar-refractivity contribution in [1.29, 1.82) is 0 Å². The van der Waals surface area contributed by atoms with E-state index in [-0.39, 0.29) is 6.03 Å². The van der Waals surface area contributed by atoms with Crippen molar-refractivity contribution >= 4 is 17.5 Å². The Morgan fingerprint density at radius 3 is 2.48 bits per heavy atom. The highest BCUT2D eigenvalue weighted by molar-refractivity contribution is 5.99. The lowest BCUT2D eigenvalue weighted by atomic mass is 10.3. The number of nitrogens with one attached hydrogen (secondary N) is 2. The molecule has 2 amide bonds. The maximum atomic E-state index is 12.2. The first kappa shape index (κ1) is 14.8. The number of rotatable bonds is 3. The Kier molecular flexibility index (Phi) is 4.05. The van der Waals surface area contributed by atoms with E-state index in [0.717, 1.165) is 17.1 Å². The summed E-state index contributed by atoms with van der Waals surface area (Å²) in [6.45, 7) is 3.78. The summed E-state index contributed by atoms with van der Waals surface area (Å²) in [5.74, 6) is 0.603. The van der Waals surface area contributed by atoms with Crippen LogP contribution in [0.2, 0.25) is 0 Å². The van der Waals surface area contributed by atoms with Gasteiger partial charge in [-0.1, -0.05) is 18.2 Å². The maximum Gasteiger partial charge on any atom is 0.324 e. The summed E-state index contributed by atoms with van der Waals surface area (Å²) in [4.78, 5) is 16.3. The molecular weight excluding hydrogens is 290 g/mol. The number of aryl methyl sites for hydroxylation is 2. The van der Waals surface area contributed by atoms with Gasteiger partial charge in [0.05, 0.1) is 23.3 Å². The Hall–Kier alpha value is -3.15. The summed E-state index contributed by atoms with van der Waals surface area (Å²) in [5.41, 5.74) is 3.23. The highest BCUT2D eigenvalue weighted by Gasteiger charge is 2.11. The van der Waals surface area contributed by atoms with Gasteiger partial charge in [-0.25, -0.2) is 9.48 Å². The quantitative estimate of drug-likeness (QED) is 0.777. The molecule has 6 nitrogen and oxygen atoms in total. The van der Waals surface area contributed by atoms with Crippen LogP contribution in [0.4, 0.5) is 16.3 Å². The van der Waals surface area contributed by atoms with Gasteiger partial charge in [-0.05, 0) is 38.1 Å². The minimum atomic E-state index is -0.340. The summed E-state index contributed by atoms with van der Waals surface area (Å²) < 4.78 is 1.70. The second kappa shape index (κ2) is 6.31. The minimum Gasteiger partial charge on any atom is -0.306 e. The first-order valence-corrected chi connectivity index (χ1v) is 7.24. The lowest BCUT2D eigenvalue weighted by molar-refractivity contribution is 0.262. The number of hydrogen-bond donors (Lipinski definition) is 2. The standard InChI is InChI=1S/C17H17N5O/c1-12-8-9-14(11-18-12)19-17(23)20-16-10-13(2)21-22(16)15-6-4-3-5-7-15/h3-11H,1-2H3,(H2,19,20,23). The van der Waals surface area contributed by atoms with E-state index in [0.29, 0.717) is 11.5 Å². The molecule has 116 valence electrons. The van der Waals surface area contributed by atoms with E-state index < -0.39 is 0 Å². The van der Waals surface area contributed by atoms with Crippen molar-refractivity contribution in [3.63, 3.8) is 0 Å². The summed E-state index contributed by atoms with van der Waals surface area (Å²) in [7, 11) is 0. The van der Waals surface area contributed by atoms with Gasteiger partial charge in [0.2, 0.25) is 0 Å². The molecule has 23 heavy (non-hydrogen) atoms. The third kappa shape index (κ3) is 3.55. The average molecular weight is 307 g/mol. The molecule has 0 fully saturated rings. The van der Waals surface area contributed by atoms with Crippen LogP contribution in [0.25, 0.3) is 5.69 Å². The number of anilines is 2. The fraction of sp³-hybridized carbons (Fsp3) is 0.118. The molecule has 3 rings (SSSR count). The van der Waals surface area contributed by atoms with Gasteiger partial charge >= 0.3 is 6.03 Å². The molecule has 0 radical (unpaired) electrons. The summed E-state index contributed by atoms with van der Waals surface area (Å²) in [6.07, 6.45) is 1.62. The first-order valence-electron chi connectivity index (χ1n) is 7.24. The molecule has 0 unspecified atom stereocenters. The Balaban J connectivity index is 1.77. The van der Waals surface area contributed by atoms with E-state index in [4.69, 9.17) is 0 Å². The Morgan fingerprint density at radius 2 is 1.78 bits per heavy atom. The van der Waals surface area contributed by atoms with E-state index >= 15 is 0 Å². The monoisotopic (exact) mass is 307 g/mol. The molecule has 0 bridgehead atoms. The van der Waals surface area contributed by atoms with Crippen LogP contribution >= 0.6 is 0 Å². The number of carbonyl (C=O) groups excluding carboxylic acids is 1. The van der Waals surface area contributed by atoms with Crippen molar-refractivity contribution in [2.24, 2.45) is 0 Å². The van der Waals surface area contributed by atoms with Gasteiger partial charge in [0.25, 0.3) is 0 Å². The predicted molar refractivity (Wildman–Crippen MR) is 89.9 cm³/mol. The van der Waals surface area contributed by atoms with Crippen LogP contribution in [0.3, 0.4) is 0 Å². The van der Waals surface area contributed by atoms with E-state index in [1.807, 2.05) is 62.4 Å². The topological polar surface area (TPSA) is 71.8 Å². The number of aromatic nitrogens is 3. The zero-order chi connectivity index (χ0) is 16.2. The van der Waals surface area contributed by atoms with E-state index in [1.165, 1.54) is 0 Å². The second-order valence-corrected chi connectivity index (χ2v) is 5.19. The molecule has 3 aromatic rings. The predicted octanol–water partition coefficient (Wildman–Crippen LogP) is 3.53. The van der Waals surface area contributed by atoms with E-state index in [9.17, 15) is 4.79 Å². The zero-order valence-electron chi connectivity index (χ0n) is 12.9. The number of benzene rings is 1. The Morgan fingerprint density at radius 1 is 1.00 bits per heavy atom. The van der Waals surface area contributed by atoms with Crippen molar-refractivity contribution in [3.05, 3.63) is 66.1 Å². The fourth-order valence-electron chi connectivity index (χ4n) is 2.17. The minimum absolute atomic E-state index is 0.340. The molecule has 0 aliphatic rings. The smallest absolute Gasteiger partial charge is 0.306 e. The van der Waals surface area contributed by atoms with Crippen molar-refractivity contribution in [2.75, 3.05) is 10.6 Å². The normalized spacial score (nSPS) is 10.3. The fourth-order valence-corrected chi connectivity index (χ4v) is 2.17. The number of amides is 2. The van der Waals surface area contributed by atoms with Gasteiger partial charge in [-0.2, -0.15) is 5.10 Å². The zero-order valence-corrected chi connectivity index (χ0v) is 12.9. The van der Waals surface area contributed by atoms with Gasteiger partial charge in [-0.15, -0.1) is 0 Å². The molecule has 2 N–H and O–H groups in total. The molecule has 1 aromatic carbocycles. The number of nitrogens with zero attached hydrogens (tertiary/aromatic N) is 3. The van der Waals surface area contributed by atoms with Gasteiger partial charge in [0.1, 0.15) is 5.82 Å². The second-order valence-electron chi connectivity index (χ2n) is 5.19. The third-order valence-electron chi connectivity index (χ3n) is 3.24. The van der Waals surface area contributed by atoms with Gasteiger partial charge in [0.15, 0.2) is 0 Å². The van der Waals surface area contributed by atoms with Crippen LogP contribution in [0.5, 0.6) is 0 Å². The molecule has 0 saturated carbocycles. The molecule has 0 aliphatic heterocycles. The molecule has 2 heterocycles. The molecular formula is C17H17N5O. The summed E-state index contributed by atoms with van der Waals surface area (Å²) in [6, 6.07) is 14.8. The van der Waals surface area contributed by atoms with Crippen LogP contribution in [0.15, 0.2) is 54.7 Å². The van der Waals surface area contributed by atoms with Crippen LogP contribution in [0, 0.1) is 13.8 Å². The van der Waals surface area contributed by atoms with E-state index in [1.54, 1.807) is 10.9 Å². The number of carbonyl (C=O) groups is 1. The molecule has 0 atom stereocenters. The SMILES string of the molecule is Cc1ccc(NC(=O)Nc2cc(C)nn2-c2ccccc2)cn1. The van der Waals surface area contributed by atoms with Gasteiger partial charge in [-0.3, -0.25) is 10.3 Å². The molecule has 0 spiro atoms. The Bertz CT molecular complexity index is 809. The molecule has 0 saturated heterocycles. The third-order valence-corrected chi connectivity index (χ3v) is 3.24. The molecule has 0 aliphatic carbocycles.